The van der Waals surface area contributed by atoms with Crippen LogP contribution in [0.5, 0.6) is 0 Å². The van der Waals surface area contributed by atoms with Gasteiger partial charge in [0.05, 0.1) is 23.0 Å². The van der Waals surface area contributed by atoms with E-state index in [1.54, 1.807) is 0 Å². The summed E-state index contributed by atoms with van der Waals surface area (Å²) >= 11 is 0. The van der Waals surface area contributed by atoms with E-state index < -0.39 is 0 Å². The van der Waals surface area contributed by atoms with Crippen LogP contribution >= 0.6 is 0 Å². The molecule has 1 aromatic carbocycles. The van der Waals surface area contributed by atoms with Gasteiger partial charge in [0.2, 0.25) is 0 Å². The molecule has 0 radical (unpaired) electrons. The Kier molecular flexibility index (Phi) is 4.68. The smallest absolute Gasteiger partial charge is 0.254 e. The summed E-state index contributed by atoms with van der Waals surface area (Å²) < 4.78 is 1.92. The van der Waals surface area contributed by atoms with Crippen LogP contribution in [0.4, 0.5) is 0 Å². The first-order valence-corrected chi connectivity index (χ1v) is 9.80. The highest BCUT2D eigenvalue weighted by Crippen LogP contribution is 2.28. The van der Waals surface area contributed by atoms with Crippen LogP contribution in [0.15, 0.2) is 42.7 Å². The molecule has 2 aromatic heterocycles. The number of para-hydroxylation sites is 1. The van der Waals surface area contributed by atoms with Crippen molar-refractivity contribution in [2.24, 2.45) is 0 Å². The summed E-state index contributed by atoms with van der Waals surface area (Å²) in [4.78, 5) is 20.2. The molecule has 0 bridgehead atoms. The molecule has 27 heavy (non-hydrogen) atoms. The summed E-state index contributed by atoms with van der Waals surface area (Å²) in [6.45, 7) is 7.17. The molecule has 4 rings (SSSR count). The number of pyridine rings is 1. The van der Waals surface area contributed by atoms with E-state index in [1.807, 2.05) is 52.3 Å². The molecule has 3 heterocycles. The van der Waals surface area contributed by atoms with Crippen LogP contribution in [0.1, 0.15) is 56.4 Å². The molecule has 0 aliphatic carbocycles. The van der Waals surface area contributed by atoms with Gasteiger partial charge in [-0.25, -0.2) is 4.98 Å². The molecule has 0 N–H and O–H groups in total. The number of nitrogens with zero attached hydrogens (tertiary/aromatic N) is 4. The maximum absolute atomic E-state index is 13.4. The maximum atomic E-state index is 13.4. The van der Waals surface area contributed by atoms with Crippen LogP contribution in [-0.4, -0.2) is 38.2 Å². The Hall–Kier alpha value is -2.69. The normalized spacial score (nSPS) is 17.6. The monoisotopic (exact) mass is 362 g/mol. The molecule has 0 unspecified atom stereocenters. The van der Waals surface area contributed by atoms with Crippen molar-refractivity contribution >= 4 is 16.8 Å². The predicted molar refractivity (Wildman–Crippen MR) is 108 cm³/mol. The number of fused-ring (bicyclic) bond motifs is 1. The van der Waals surface area contributed by atoms with Crippen molar-refractivity contribution in [2.45, 2.75) is 52.1 Å². The number of aromatic nitrogens is 3. The average Bonchev–Trinajstić information content (AvgIpc) is 3.17. The summed E-state index contributed by atoms with van der Waals surface area (Å²) in [5, 5.41) is 5.35. The second kappa shape index (κ2) is 7.14. The largest absolute Gasteiger partial charge is 0.336 e. The first-order chi connectivity index (χ1) is 13.0. The van der Waals surface area contributed by atoms with Crippen molar-refractivity contribution in [1.29, 1.82) is 0 Å². The lowest BCUT2D eigenvalue weighted by Gasteiger charge is -2.33. The molecule has 1 saturated heterocycles. The fraction of sp³-hybridized carbons (Fsp3) is 0.409. The number of piperidine rings is 1. The van der Waals surface area contributed by atoms with Gasteiger partial charge in [-0.2, -0.15) is 5.10 Å². The Morgan fingerprint density at radius 2 is 2.04 bits per heavy atom. The number of benzene rings is 1. The average molecular weight is 362 g/mol. The number of hydrogen-bond acceptors (Lipinski definition) is 3. The lowest BCUT2D eigenvalue weighted by atomic mass is 10.00. The fourth-order valence-electron chi connectivity index (χ4n) is 3.81. The molecule has 140 valence electrons. The maximum Gasteiger partial charge on any atom is 0.254 e. The van der Waals surface area contributed by atoms with Gasteiger partial charge in [-0.3, -0.25) is 9.48 Å². The van der Waals surface area contributed by atoms with Crippen molar-refractivity contribution in [3.05, 3.63) is 48.3 Å². The second-order valence-corrected chi connectivity index (χ2v) is 7.72. The van der Waals surface area contributed by atoms with E-state index in [1.165, 1.54) is 6.42 Å². The molecule has 3 aromatic rings. The third kappa shape index (κ3) is 3.34. The topological polar surface area (TPSA) is 51.0 Å². The number of hydrogen-bond donors (Lipinski definition) is 0. The first-order valence-electron chi connectivity index (χ1n) is 9.80. The highest BCUT2D eigenvalue weighted by molar-refractivity contribution is 6.07. The Morgan fingerprint density at radius 3 is 2.78 bits per heavy atom. The molecule has 1 amide bonds. The van der Waals surface area contributed by atoms with E-state index in [2.05, 4.69) is 25.9 Å². The van der Waals surface area contributed by atoms with E-state index in [4.69, 9.17) is 4.98 Å². The molecule has 5 nitrogen and oxygen atoms in total. The van der Waals surface area contributed by atoms with Crippen LogP contribution in [0.25, 0.3) is 22.2 Å². The van der Waals surface area contributed by atoms with Crippen LogP contribution < -0.4 is 0 Å². The van der Waals surface area contributed by atoms with E-state index in [-0.39, 0.29) is 18.0 Å². The van der Waals surface area contributed by atoms with Gasteiger partial charge in [0.15, 0.2) is 0 Å². The first kappa shape index (κ1) is 17.7. The molecule has 1 fully saturated rings. The van der Waals surface area contributed by atoms with Crippen molar-refractivity contribution in [2.75, 3.05) is 6.54 Å². The summed E-state index contributed by atoms with van der Waals surface area (Å²) in [7, 11) is 0. The third-order valence-corrected chi connectivity index (χ3v) is 5.44. The van der Waals surface area contributed by atoms with Crippen molar-refractivity contribution in [3.8, 4) is 11.3 Å². The van der Waals surface area contributed by atoms with Gasteiger partial charge >= 0.3 is 0 Å². The summed E-state index contributed by atoms with van der Waals surface area (Å²) in [5.74, 6) is 0.110. The number of carbonyl (C=O) groups is 1. The molecular formula is C22H26N4O. The van der Waals surface area contributed by atoms with Gasteiger partial charge in [-0.05, 0) is 52.2 Å². The standard InChI is InChI=1S/C22H26N4O/c1-15(2)26-14-17(13-23-26)21-12-19(18-9-4-5-10-20(18)24-21)22(27)25-11-7-6-8-16(25)3/h4-5,9-10,12-16H,6-8,11H2,1-3H3/t16-/m0/s1. The minimum Gasteiger partial charge on any atom is -0.336 e. The molecule has 0 spiro atoms. The van der Waals surface area contributed by atoms with Gasteiger partial charge in [0.1, 0.15) is 0 Å². The fourth-order valence-corrected chi connectivity index (χ4v) is 3.81. The van der Waals surface area contributed by atoms with Crippen molar-refractivity contribution in [3.63, 3.8) is 0 Å². The number of amides is 1. The number of rotatable bonds is 3. The minimum absolute atomic E-state index is 0.110. The third-order valence-electron chi connectivity index (χ3n) is 5.44. The molecular weight excluding hydrogens is 336 g/mol. The highest BCUT2D eigenvalue weighted by atomic mass is 16.2. The van der Waals surface area contributed by atoms with Gasteiger partial charge < -0.3 is 4.90 Å². The van der Waals surface area contributed by atoms with Gasteiger partial charge in [-0.1, -0.05) is 18.2 Å². The van der Waals surface area contributed by atoms with Crippen molar-refractivity contribution < 1.29 is 4.79 Å². The van der Waals surface area contributed by atoms with E-state index in [9.17, 15) is 4.79 Å². The lowest BCUT2D eigenvalue weighted by molar-refractivity contribution is 0.0637. The molecule has 1 aliphatic heterocycles. The van der Waals surface area contributed by atoms with Crippen molar-refractivity contribution in [1.82, 2.24) is 19.7 Å². The number of carbonyl (C=O) groups excluding carboxylic acids is 1. The lowest BCUT2D eigenvalue weighted by Crippen LogP contribution is -2.42. The van der Waals surface area contributed by atoms with E-state index in [0.29, 0.717) is 0 Å². The zero-order valence-electron chi connectivity index (χ0n) is 16.2. The zero-order chi connectivity index (χ0) is 19.0. The Labute approximate surface area is 160 Å². The van der Waals surface area contributed by atoms with E-state index >= 15 is 0 Å². The minimum atomic E-state index is 0.110. The molecule has 1 atom stereocenters. The summed E-state index contributed by atoms with van der Waals surface area (Å²) in [6, 6.07) is 10.4. The molecule has 0 saturated carbocycles. The molecule has 5 heteroatoms. The van der Waals surface area contributed by atoms with Crippen LogP contribution in [-0.2, 0) is 0 Å². The Bertz CT molecular complexity index is 975. The van der Waals surface area contributed by atoms with Gasteiger partial charge in [0.25, 0.3) is 5.91 Å². The van der Waals surface area contributed by atoms with E-state index in [0.717, 1.165) is 47.1 Å². The molecule has 1 aliphatic rings. The Balaban J connectivity index is 1.82. The Morgan fingerprint density at radius 1 is 1.22 bits per heavy atom. The van der Waals surface area contributed by atoms with Gasteiger partial charge in [0, 0.05) is 35.8 Å². The quantitative estimate of drug-likeness (QED) is 0.679. The van der Waals surface area contributed by atoms with Gasteiger partial charge in [-0.15, -0.1) is 0 Å². The zero-order valence-corrected chi connectivity index (χ0v) is 16.2. The number of likely N-dealkylation sites (tertiary alicyclic amines) is 1. The van der Waals surface area contributed by atoms with Crippen LogP contribution in [0, 0.1) is 0 Å². The second-order valence-electron chi connectivity index (χ2n) is 7.72. The van der Waals surface area contributed by atoms with Crippen LogP contribution in [0.2, 0.25) is 0 Å². The predicted octanol–water partition coefficient (Wildman–Crippen LogP) is 4.69. The van der Waals surface area contributed by atoms with Crippen LogP contribution in [0.3, 0.4) is 0 Å². The summed E-state index contributed by atoms with van der Waals surface area (Å²) in [5.41, 5.74) is 3.32. The highest BCUT2D eigenvalue weighted by Gasteiger charge is 2.26. The SMILES string of the molecule is CC(C)n1cc(-c2cc(C(=O)N3CCCC[C@@H]3C)c3ccccc3n2)cn1. The summed E-state index contributed by atoms with van der Waals surface area (Å²) in [6.07, 6.45) is 7.17.